The van der Waals surface area contributed by atoms with E-state index in [2.05, 4.69) is 15.9 Å². The maximum Gasteiger partial charge on any atom is 0.410 e. The van der Waals surface area contributed by atoms with Gasteiger partial charge in [-0.2, -0.15) is 24.5 Å². The van der Waals surface area contributed by atoms with Crippen molar-refractivity contribution in [2.75, 3.05) is 0 Å². The Labute approximate surface area is 101 Å². The van der Waals surface area contributed by atoms with E-state index in [0.29, 0.717) is 0 Å². The van der Waals surface area contributed by atoms with Gasteiger partial charge in [0.15, 0.2) is 5.25 Å². The van der Waals surface area contributed by atoms with Crippen molar-refractivity contribution in [3.05, 3.63) is 20.8 Å². The van der Waals surface area contributed by atoms with Crippen LogP contribution < -0.4 is 0 Å². The van der Waals surface area contributed by atoms with E-state index in [1.807, 2.05) is 0 Å². The Hall–Kier alpha value is 0.210. The van der Waals surface area contributed by atoms with E-state index in [1.54, 1.807) is 0 Å². The van der Waals surface area contributed by atoms with Crippen LogP contribution in [0, 0.1) is 0 Å². The number of hydrogen-bond donors (Lipinski definition) is 0. The van der Waals surface area contributed by atoms with Crippen molar-refractivity contribution in [3.63, 3.8) is 0 Å². The largest absolute Gasteiger partial charge is 0.410 e. The first kappa shape index (κ1) is 13.3. The number of halogens is 5. The van der Waals surface area contributed by atoms with Crippen molar-refractivity contribution in [2.45, 2.75) is 11.4 Å². The second-order valence-electron chi connectivity index (χ2n) is 2.57. The SMILES string of the molecule is O=S(=O)(Cl)C(c1cscc1Br)C(F)(F)F. The van der Waals surface area contributed by atoms with Gasteiger partial charge in [-0.25, -0.2) is 8.42 Å². The smallest absolute Gasteiger partial charge is 0.211 e. The second kappa shape index (κ2) is 4.23. The number of thiophene rings is 1. The Bertz CT molecular complexity index is 453. The minimum atomic E-state index is -4.93. The van der Waals surface area contributed by atoms with E-state index in [-0.39, 0.29) is 10.0 Å². The summed E-state index contributed by atoms with van der Waals surface area (Å²) in [5, 5.41) is -0.231. The molecule has 1 unspecified atom stereocenters. The normalized spacial score (nSPS) is 15.3. The third-order valence-electron chi connectivity index (χ3n) is 1.50. The molecule has 1 rings (SSSR count). The zero-order chi connectivity index (χ0) is 11.9. The Balaban J connectivity index is 3.33. The van der Waals surface area contributed by atoms with Crippen molar-refractivity contribution in [1.29, 1.82) is 0 Å². The van der Waals surface area contributed by atoms with Crippen LogP contribution in [0.2, 0.25) is 0 Å². The quantitative estimate of drug-likeness (QED) is 0.768. The van der Waals surface area contributed by atoms with Gasteiger partial charge in [-0.3, -0.25) is 0 Å². The highest BCUT2D eigenvalue weighted by Gasteiger charge is 2.50. The third-order valence-corrected chi connectivity index (χ3v) is 4.87. The molecule has 0 radical (unpaired) electrons. The average molecular weight is 344 g/mol. The molecule has 0 spiro atoms. The molecule has 1 heterocycles. The molecular formula is C6H3BrClF3O2S2. The Morgan fingerprint density at radius 1 is 1.40 bits per heavy atom. The number of alkyl halides is 3. The predicted octanol–water partition coefficient (Wildman–Crippen LogP) is 3.68. The summed E-state index contributed by atoms with van der Waals surface area (Å²) in [5.41, 5.74) is -0.387. The van der Waals surface area contributed by atoms with Crippen LogP contribution in [-0.4, -0.2) is 14.6 Å². The molecule has 15 heavy (non-hydrogen) atoms. The van der Waals surface area contributed by atoms with E-state index < -0.39 is 20.5 Å². The molecule has 0 aliphatic carbocycles. The highest BCUT2D eigenvalue weighted by Crippen LogP contribution is 2.44. The topological polar surface area (TPSA) is 34.1 Å². The van der Waals surface area contributed by atoms with Gasteiger partial charge >= 0.3 is 6.18 Å². The van der Waals surface area contributed by atoms with E-state index in [9.17, 15) is 21.6 Å². The van der Waals surface area contributed by atoms with Gasteiger partial charge in [0.05, 0.1) is 0 Å². The fraction of sp³-hybridized carbons (Fsp3) is 0.333. The fourth-order valence-electron chi connectivity index (χ4n) is 0.966. The fourth-order valence-corrected chi connectivity index (χ4v) is 4.16. The van der Waals surface area contributed by atoms with Gasteiger partial charge in [0.1, 0.15) is 0 Å². The zero-order valence-corrected chi connectivity index (χ0v) is 10.7. The van der Waals surface area contributed by atoms with Crippen molar-refractivity contribution in [1.82, 2.24) is 0 Å². The number of rotatable bonds is 2. The predicted molar refractivity (Wildman–Crippen MR) is 55.6 cm³/mol. The lowest BCUT2D eigenvalue weighted by Crippen LogP contribution is -2.25. The monoisotopic (exact) mass is 342 g/mol. The summed E-state index contributed by atoms with van der Waals surface area (Å²) in [6.45, 7) is 0. The standard InChI is InChI=1S/C6H3BrClF3O2S2/c7-4-2-14-1-3(4)5(6(9,10)11)15(8,12)13/h1-2,5H. The molecule has 1 aromatic heterocycles. The summed E-state index contributed by atoms with van der Waals surface area (Å²) in [5.74, 6) is 0. The maximum atomic E-state index is 12.5. The first-order valence-electron chi connectivity index (χ1n) is 3.36. The zero-order valence-electron chi connectivity index (χ0n) is 6.75. The van der Waals surface area contributed by atoms with Gasteiger partial charge in [-0.15, -0.1) is 0 Å². The molecule has 0 aromatic carbocycles. The molecule has 9 heteroatoms. The highest BCUT2D eigenvalue weighted by atomic mass is 79.9. The summed E-state index contributed by atoms with van der Waals surface area (Å²) in [7, 11) is 0.0391. The molecule has 1 aromatic rings. The van der Waals surface area contributed by atoms with E-state index in [4.69, 9.17) is 10.7 Å². The van der Waals surface area contributed by atoms with E-state index in [1.165, 1.54) is 5.38 Å². The van der Waals surface area contributed by atoms with Gasteiger partial charge in [0.2, 0.25) is 9.05 Å². The molecule has 0 saturated heterocycles. The average Bonchev–Trinajstić information content (AvgIpc) is 2.30. The summed E-state index contributed by atoms with van der Waals surface area (Å²) >= 11 is 3.80. The van der Waals surface area contributed by atoms with Crippen molar-refractivity contribution in [2.24, 2.45) is 0 Å². The van der Waals surface area contributed by atoms with Crippen LogP contribution in [0.1, 0.15) is 10.8 Å². The first-order chi connectivity index (χ1) is 6.64. The lowest BCUT2D eigenvalue weighted by Gasteiger charge is -2.16. The lowest BCUT2D eigenvalue weighted by molar-refractivity contribution is -0.131. The Kier molecular flexibility index (Phi) is 3.74. The summed E-state index contributed by atoms with van der Waals surface area (Å²) in [4.78, 5) is 0. The summed E-state index contributed by atoms with van der Waals surface area (Å²) in [6, 6.07) is 0. The molecule has 0 saturated carbocycles. The first-order valence-corrected chi connectivity index (χ1v) is 7.46. The van der Waals surface area contributed by atoms with E-state index in [0.717, 1.165) is 16.7 Å². The molecular weight excluding hydrogens is 341 g/mol. The third kappa shape index (κ3) is 3.08. The minimum Gasteiger partial charge on any atom is -0.211 e. The van der Waals surface area contributed by atoms with Gasteiger partial charge in [-0.05, 0) is 21.3 Å². The Morgan fingerprint density at radius 2 is 1.93 bits per heavy atom. The van der Waals surface area contributed by atoms with Crippen LogP contribution in [0.25, 0.3) is 0 Å². The summed E-state index contributed by atoms with van der Waals surface area (Å²) < 4.78 is 59.2. The van der Waals surface area contributed by atoms with Crippen LogP contribution in [-0.2, 0) is 9.05 Å². The van der Waals surface area contributed by atoms with Crippen molar-refractivity contribution >= 4 is 47.0 Å². The van der Waals surface area contributed by atoms with Gasteiger partial charge in [0, 0.05) is 26.1 Å². The summed E-state index contributed by atoms with van der Waals surface area (Å²) in [6.07, 6.45) is -4.93. The second-order valence-corrected chi connectivity index (χ2v) is 6.88. The minimum absolute atomic E-state index is 0.0825. The number of hydrogen-bond acceptors (Lipinski definition) is 3. The van der Waals surface area contributed by atoms with Gasteiger partial charge in [-0.1, -0.05) is 0 Å². The Morgan fingerprint density at radius 3 is 2.20 bits per heavy atom. The van der Waals surface area contributed by atoms with Crippen LogP contribution in [0.5, 0.6) is 0 Å². The van der Waals surface area contributed by atoms with Crippen LogP contribution in [0.3, 0.4) is 0 Å². The molecule has 0 amide bonds. The molecule has 2 nitrogen and oxygen atoms in total. The van der Waals surface area contributed by atoms with Crippen molar-refractivity contribution < 1.29 is 21.6 Å². The maximum absolute atomic E-state index is 12.5. The molecule has 0 aliphatic rings. The van der Waals surface area contributed by atoms with Gasteiger partial charge in [0.25, 0.3) is 0 Å². The lowest BCUT2D eigenvalue weighted by atomic mass is 10.2. The van der Waals surface area contributed by atoms with E-state index >= 15 is 0 Å². The molecule has 0 bridgehead atoms. The molecule has 0 N–H and O–H groups in total. The molecule has 0 aliphatic heterocycles. The van der Waals surface area contributed by atoms with Crippen LogP contribution in [0.15, 0.2) is 15.2 Å². The molecule has 1 atom stereocenters. The molecule has 0 fully saturated rings. The molecule has 86 valence electrons. The van der Waals surface area contributed by atoms with Crippen LogP contribution >= 0.6 is 37.9 Å². The van der Waals surface area contributed by atoms with Crippen LogP contribution in [0.4, 0.5) is 13.2 Å². The van der Waals surface area contributed by atoms with Gasteiger partial charge < -0.3 is 0 Å². The van der Waals surface area contributed by atoms with Crippen molar-refractivity contribution in [3.8, 4) is 0 Å². The highest BCUT2D eigenvalue weighted by molar-refractivity contribution is 9.10.